The van der Waals surface area contributed by atoms with Gasteiger partial charge in [-0.3, -0.25) is 4.79 Å². The molecule has 0 aliphatic carbocycles. The molecule has 0 heterocycles. The molecule has 1 aromatic carbocycles. The van der Waals surface area contributed by atoms with Crippen LogP contribution in [0.3, 0.4) is 0 Å². The van der Waals surface area contributed by atoms with Gasteiger partial charge < -0.3 is 4.74 Å². The third kappa shape index (κ3) is 3.48. The summed E-state index contributed by atoms with van der Waals surface area (Å²) in [6, 6.07) is 4.75. The lowest BCUT2D eigenvalue weighted by Gasteiger charge is -2.05. The lowest BCUT2D eigenvalue weighted by Crippen LogP contribution is -2.11. The number of benzene rings is 1. The first-order valence-electron chi connectivity index (χ1n) is 4.58. The zero-order chi connectivity index (χ0) is 13.1. The minimum atomic E-state index is -4.57. The van der Waals surface area contributed by atoms with Crippen molar-refractivity contribution in [2.24, 2.45) is 0 Å². The van der Waals surface area contributed by atoms with Gasteiger partial charge in [0.1, 0.15) is 6.61 Å². The SMILES string of the molecule is CC(=O)OCc1ccc(S(=O)(=O)C(F)F)cc1. The van der Waals surface area contributed by atoms with E-state index in [1.165, 1.54) is 19.1 Å². The summed E-state index contributed by atoms with van der Waals surface area (Å²) < 4.78 is 51.2. The molecule has 0 radical (unpaired) electrons. The molecule has 0 atom stereocenters. The van der Waals surface area contributed by atoms with Crippen LogP contribution in [-0.2, 0) is 26.0 Å². The summed E-state index contributed by atoms with van der Waals surface area (Å²) in [6.45, 7) is 1.21. The van der Waals surface area contributed by atoms with Crippen molar-refractivity contribution in [1.82, 2.24) is 0 Å². The van der Waals surface area contributed by atoms with Crippen molar-refractivity contribution in [2.45, 2.75) is 24.2 Å². The Morgan fingerprint density at radius 3 is 2.24 bits per heavy atom. The smallest absolute Gasteiger partial charge is 0.341 e. The van der Waals surface area contributed by atoms with Gasteiger partial charge in [0.15, 0.2) is 0 Å². The van der Waals surface area contributed by atoms with Gasteiger partial charge in [0.25, 0.3) is 0 Å². The van der Waals surface area contributed by atoms with Gasteiger partial charge in [-0.1, -0.05) is 12.1 Å². The fourth-order valence-electron chi connectivity index (χ4n) is 1.06. The number of hydrogen-bond donors (Lipinski definition) is 0. The molecule has 0 unspecified atom stereocenters. The van der Waals surface area contributed by atoms with Crippen molar-refractivity contribution in [1.29, 1.82) is 0 Å². The van der Waals surface area contributed by atoms with E-state index in [2.05, 4.69) is 4.74 Å². The zero-order valence-corrected chi connectivity index (χ0v) is 9.71. The molecule has 0 saturated heterocycles. The van der Waals surface area contributed by atoms with E-state index in [1.807, 2.05) is 0 Å². The van der Waals surface area contributed by atoms with E-state index < -0.39 is 26.5 Å². The molecule has 0 aliphatic heterocycles. The van der Waals surface area contributed by atoms with Crippen LogP contribution in [0, 0.1) is 0 Å². The first kappa shape index (κ1) is 13.6. The van der Waals surface area contributed by atoms with E-state index in [-0.39, 0.29) is 6.61 Å². The van der Waals surface area contributed by atoms with Crippen LogP contribution in [0.25, 0.3) is 0 Å². The van der Waals surface area contributed by atoms with Crippen LogP contribution in [0.2, 0.25) is 0 Å². The van der Waals surface area contributed by atoms with Crippen LogP contribution < -0.4 is 0 Å². The van der Waals surface area contributed by atoms with Crippen LogP contribution in [-0.4, -0.2) is 20.1 Å². The predicted octanol–water partition coefficient (Wildman–Crippen LogP) is 1.75. The minimum absolute atomic E-state index is 0.0235. The summed E-state index contributed by atoms with van der Waals surface area (Å²) >= 11 is 0. The van der Waals surface area contributed by atoms with Crippen LogP contribution >= 0.6 is 0 Å². The van der Waals surface area contributed by atoms with E-state index in [9.17, 15) is 22.0 Å². The number of ether oxygens (including phenoxy) is 1. The molecular weight excluding hydrogens is 254 g/mol. The van der Waals surface area contributed by atoms with E-state index in [0.717, 1.165) is 12.1 Å². The lowest BCUT2D eigenvalue weighted by atomic mass is 10.2. The molecule has 1 rings (SSSR count). The largest absolute Gasteiger partial charge is 0.461 e. The molecule has 0 bridgehead atoms. The van der Waals surface area contributed by atoms with Gasteiger partial charge in [-0.25, -0.2) is 8.42 Å². The first-order valence-corrected chi connectivity index (χ1v) is 6.13. The standard InChI is InChI=1S/C10H10F2O4S/c1-7(13)16-6-8-2-4-9(5-3-8)17(14,15)10(11)12/h2-5,10H,6H2,1H3. The number of hydrogen-bond acceptors (Lipinski definition) is 4. The highest BCUT2D eigenvalue weighted by Crippen LogP contribution is 2.18. The van der Waals surface area contributed by atoms with Crippen molar-refractivity contribution >= 4 is 15.8 Å². The highest BCUT2D eigenvalue weighted by atomic mass is 32.2. The summed E-state index contributed by atoms with van der Waals surface area (Å²) in [6.07, 6.45) is 0. The van der Waals surface area contributed by atoms with E-state index in [1.54, 1.807) is 0 Å². The third-order valence-corrected chi connectivity index (χ3v) is 3.33. The fourth-order valence-corrected chi connectivity index (χ4v) is 1.78. The molecule has 0 saturated carbocycles. The Kier molecular flexibility index (Phi) is 4.17. The van der Waals surface area contributed by atoms with Gasteiger partial charge in [-0.2, -0.15) is 8.78 Å². The molecule has 0 aromatic heterocycles. The van der Waals surface area contributed by atoms with E-state index in [4.69, 9.17) is 0 Å². The minimum Gasteiger partial charge on any atom is -0.461 e. The van der Waals surface area contributed by atoms with Crippen LogP contribution in [0.1, 0.15) is 12.5 Å². The normalized spacial score (nSPS) is 11.5. The average Bonchev–Trinajstić information content (AvgIpc) is 2.26. The molecule has 0 fully saturated rings. The number of carbonyl (C=O) groups is 1. The number of esters is 1. The Hall–Kier alpha value is -1.50. The predicted molar refractivity (Wildman–Crippen MR) is 55.1 cm³/mol. The molecule has 0 spiro atoms. The number of rotatable bonds is 4. The van der Waals surface area contributed by atoms with Crippen molar-refractivity contribution in [3.05, 3.63) is 29.8 Å². The van der Waals surface area contributed by atoms with Crippen molar-refractivity contribution in [3.8, 4) is 0 Å². The highest BCUT2D eigenvalue weighted by Gasteiger charge is 2.26. The second kappa shape index (κ2) is 5.22. The van der Waals surface area contributed by atoms with Crippen molar-refractivity contribution in [3.63, 3.8) is 0 Å². The molecule has 7 heteroatoms. The molecule has 4 nitrogen and oxygen atoms in total. The summed E-state index contributed by atoms with van der Waals surface area (Å²) in [5.41, 5.74) is 0.522. The molecule has 0 aliphatic rings. The van der Waals surface area contributed by atoms with E-state index >= 15 is 0 Å². The Balaban J connectivity index is 2.85. The Morgan fingerprint density at radius 2 is 1.82 bits per heavy atom. The summed E-state index contributed by atoms with van der Waals surface area (Å²) in [5.74, 6) is -3.92. The lowest BCUT2D eigenvalue weighted by molar-refractivity contribution is -0.142. The summed E-state index contributed by atoms with van der Waals surface area (Å²) in [4.78, 5) is 10.1. The van der Waals surface area contributed by atoms with Gasteiger partial charge in [0, 0.05) is 6.92 Å². The molecule has 17 heavy (non-hydrogen) atoms. The number of carbonyl (C=O) groups excluding carboxylic acids is 1. The average molecular weight is 264 g/mol. The Morgan fingerprint density at radius 1 is 1.29 bits per heavy atom. The van der Waals surface area contributed by atoms with Crippen LogP contribution in [0.5, 0.6) is 0 Å². The van der Waals surface area contributed by atoms with Crippen LogP contribution in [0.15, 0.2) is 29.2 Å². The number of halogens is 2. The van der Waals surface area contributed by atoms with Gasteiger partial charge >= 0.3 is 11.7 Å². The quantitative estimate of drug-likeness (QED) is 0.777. The van der Waals surface area contributed by atoms with Gasteiger partial charge in [0.2, 0.25) is 9.84 Å². The molecular formula is C10H10F2O4S. The third-order valence-electron chi connectivity index (χ3n) is 1.93. The van der Waals surface area contributed by atoms with E-state index in [0.29, 0.717) is 5.56 Å². The molecule has 1 aromatic rings. The van der Waals surface area contributed by atoms with Crippen molar-refractivity contribution < 1.29 is 26.7 Å². The Labute approximate surface area is 97.1 Å². The Bertz CT molecular complexity index is 494. The van der Waals surface area contributed by atoms with Gasteiger partial charge in [-0.15, -0.1) is 0 Å². The zero-order valence-electron chi connectivity index (χ0n) is 8.89. The molecule has 94 valence electrons. The topological polar surface area (TPSA) is 60.4 Å². The number of sulfone groups is 1. The van der Waals surface area contributed by atoms with Crippen molar-refractivity contribution in [2.75, 3.05) is 0 Å². The number of alkyl halides is 2. The maximum absolute atomic E-state index is 12.2. The molecule has 0 amide bonds. The highest BCUT2D eigenvalue weighted by molar-refractivity contribution is 7.91. The monoisotopic (exact) mass is 264 g/mol. The second-order valence-electron chi connectivity index (χ2n) is 3.23. The fraction of sp³-hybridized carbons (Fsp3) is 0.300. The maximum atomic E-state index is 12.2. The van der Waals surface area contributed by atoms with Crippen LogP contribution in [0.4, 0.5) is 8.78 Å². The molecule has 0 N–H and O–H groups in total. The van der Waals surface area contributed by atoms with Gasteiger partial charge in [-0.05, 0) is 17.7 Å². The summed E-state index contributed by atoms with van der Waals surface area (Å²) in [5, 5.41) is 0. The van der Waals surface area contributed by atoms with Gasteiger partial charge in [0.05, 0.1) is 4.90 Å². The maximum Gasteiger partial charge on any atom is 0.341 e. The second-order valence-corrected chi connectivity index (χ2v) is 5.15. The summed E-state index contributed by atoms with van der Waals surface area (Å²) in [7, 11) is -4.57. The first-order chi connectivity index (χ1) is 7.84.